The van der Waals surface area contributed by atoms with Gasteiger partial charge in [0.2, 0.25) is 5.91 Å². The van der Waals surface area contributed by atoms with E-state index in [1.165, 1.54) is 12.1 Å². The predicted molar refractivity (Wildman–Crippen MR) is 101 cm³/mol. The summed E-state index contributed by atoms with van der Waals surface area (Å²) in [6.07, 6.45) is 2.45. The van der Waals surface area contributed by atoms with E-state index in [0.29, 0.717) is 19.5 Å². The molecule has 0 radical (unpaired) electrons. The molecule has 6 heteroatoms. The number of carbonyl (C=O) groups excluding carboxylic acids is 1. The second kappa shape index (κ2) is 7.72. The van der Waals surface area contributed by atoms with Crippen molar-refractivity contribution in [2.75, 3.05) is 13.1 Å². The van der Waals surface area contributed by atoms with Crippen LogP contribution in [0.15, 0.2) is 60.8 Å². The van der Waals surface area contributed by atoms with E-state index in [4.69, 9.17) is 0 Å². The van der Waals surface area contributed by atoms with Gasteiger partial charge in [0.25, 0.3) is 0 Å². The van der Waals surface area contributed by atoms with Crippen LogP contribution in [0.1, 0.15) is 11.1 Å². The highest BCUT2D eigenvalue weighted by Crippen LogP contribution is 2.24. The van der Waals surface area contributed by atoms with Crippen LogP contribution in [0.25, 0.3) is 11.3 Å². The highest BCUT2D eigenvalue weighted by Gasteiger charge is 2.30. The van der Waals surface area contributed by atoms with Crippen LogP contribution in [0, 0.1) is 5.82 Å². The minimum Gasteiger partial charge on any atom is -0.353 e. The number of aromatic nitrogens is 2. The van der Waals surface area contributed by atoms with Crippen molar-refractivity contribution in [2.24, 2.45) is 0 Å². The maximum Gasteiger partial charge on any atom is 0.237 e. The van der Waals surface area contributed by atoms with Crippen LogP contribution in [0.2, 0.25) is 0 Å². The second-order valence-electron chi connectivity index (χ2n) is 6.74. The molecule has 1 aliphatic rings. The number of rotatable bonds is 5. The quantitative estimate of drug-likeness (QED) is 0.732. The summed E-state index contributed by atoms with van der Waals surface area (Å²) in [4.78, 5) is 14.7. The van der Waals surface area contributed by atoms with Crippen molar-refractivity contribution >= 4 is 5.91 Å². The molecule has 1 aromatic heterocycles. The zero-order chi connectivity index (χ0) is 18.6. The molecule has 0 spiro atoms. The number of nitrogens with one attached hydrogen (secondary N) is 2. The maximum atomic E-state index is 13.2. The van der Waals surface area contributed by atoms with Crippen LogP contribution in [0.5, 0.6) is 0 Å². The lowest BCUT2D eigenvalue weighted by molar-refractivity contribution is -0.129. The Balaban J connectivity index is 1.56. The molecule has 0 unspecified atom stereocenters. The first-order chi connectivity index (χ1) is 13.2. The molecule has 0 saturated carbocycles. The minimum absolute atomic E-state index is 0.0527. The minimum atomic E-state index is -0.268. The summed E-state index contributed by atoms with van der Waals surface area (Å²) in [6, 6.07) is 16.2. The molecular formula is C21H21FN4O. The van der Waals surface area contributed by atoms with Gasteiger partial charge in [0, 0.05) is 30.8 Å². The highest BCUT2D eigenvalue weighted by atomic mass is 19.1. The van der Waals surface area contributed by atoms with E-state index in [0.717, 1.165) is 28.9 Å². The average Bonchev–Trinajstić information content (AvgIpc) is 3.14. The summed E-state index contributed by atoms with van der Waals surface area (Å²) in [5, 5.41) is 10.1. The van der Waals surface area contributed by atoms with E-state index >= 15 is 0 Å². The smallest absolute Gasteiger partial charge is 0.237 e. The number of nitrogens with zero attached hydrogens (tertiary/aromatic N) is 2. The molecule has 1 atom stereocenters. The van der Waals surface area contributed by atoms with Crippen molar-refractivity contribution in [2.45, 2.75) is 19.0 Å². The van der Waals surface area contributed by atoms with Crippen molar-refractivity contribution in [3.63, 3.8) is 0 Å². The maximum absolute atomic E-state index is 13.2. The number of aromatic amines is 1. The standard InChI is InChI=1S/C21H21FN4O/c22-18-8-6-16(7-9-18)20-17(13-24-25-20)14-26-11-10-23-21(27)19(26)12-15-4-2-1-3-5-15/h1-9,13,19H,10-12,14H2,(H,23,27)(H,24,25)/t19-/m1/s1. The lowest BCUT2D eigenvalue weighted by atomic mass is 10.0. The third kappa shape index (κ3) is 3.90. The molecule has 2 heterocycles. The molecule has 5 nitrogen and oxygen atoms in total. The number of benzene rings is 2. The molecule has 1 saturated heterocycles. The number of hydrogen-bond acceptors (Lipinski definition) is 3. The SMILES string of the molecule is O=C1NCCN(Cc2cn[nH]c2-c2ccc(F)cc2)[C@@H]1Cc1ccccc1. The van der Waals surface area contributed by atoms with Crippen LogP contribution in [0.4, 0.5) is 4.39 Å². The van der Waals surface area contributed by atoms with Gasteiger partial charge >= 0.3 is 0 Å². The molecule has 1 aliphatic heterocycles. The monoisotopic (exact) mass is 364 g/mol. The van der Waals surface area contributed by atoms with Crippen molar-refractivity contribution in [3.8, 4) is 11.3 Å². The highest BCUT2D eigenvalue weighted by molar-refractivity contribution is 5.82. The number of carbonyl (C=O) groups is 1. The summed E-state index contributed by atoms with van der Waals surface area (Å²) in [6.45, 7) is 2.01. The van der Waals surface area contributed by atoms with E-state index in [9.17, 15) is 9.18 Å². The molecule has 1 fully saturated rings. The molecule has 1 amide bonds. The Labute approximate surface area is 157 Å². The number of halogens is 1. The molecule has 0 bridgehead atoms. The van der Waals surface area contributed by atoms with Crippen molar-refractivity contribution in [1.29, 1.82) is 0 Å². The summed E-state index contributed by atoms with van der Waals surface area (Å²) in [5.41, 5.74) is 3.87. The Morgan fingerprint density at radius 3 is 2.67 bits per heavy atom. The molecule has 0 aliphatic carbocycles. The molecule has 2 aromatic carbocycles. The van der Waals surface area contributed by atoms with Crippen LogP contribution < -0.4 is 5.32 Å². The number of H-pyrrole nitrogens is 1. The Hall–Kier alpha value is -2.99. The first kappa shape index (κ1) is 17.4. The summed E-state index contributed by atoms with van der Waals surface area (Å²) in [7, 11) is 0. The third-order valence-corrected chi connectivity index (χ3v) is 4.94. The fraction of sp³-hybridized carbons (Fsp3) is 0.238. The van der Waals surface area contributed by atoms with Crippen molar-refractivity contribution < 1.29 is 9.18 Å². The molecule has 3 aromatic rings. The van der Waals surface area contributed by atoms with Crippen molar-refractivity contribution in [1.82, 2.24) is 20.4 Å². The van der Waals surface area contributed by atoms with Gasteiger partial charge < -0.3 is 5.32 Å². The van der Waals surface area contributed by atoms with Gasteiger partial charge in [0.15, 0.2) is 0 Å². The molecule has 138 valence electrons. The number of amides is 1. The van der Waals surface area contributed by atoms with E-state index < -0.39 is 0 Å². The van der Waals surface area contributed by atoms with Gasteiger partial charge in [-0.05, 0) is 36.2 Å². The van der Waals surface area contributed by atoms with Crippen LogP contribution in [0.3, 0.4) is 0 Å². The van der Waals surface area contributed by atoms with E-state index in [-0.39, 0.29) is 17.8 Å². The summed E-state index contributed by atoms with van der Waals surface area (Å²) in [5.74, 6) is -0.215. The average molecular weight is 364 g/mol. The van der Waals surface area contributed by atoms with Gasteiger partial charge in [-0.1, -0.05) is 30.3 Å². The summed E-state index contributed by atoms with van der Waals surface area (Å²) >= 11 is 0. The topological polar surface area (TPSA) is 61.0 Å². The van der Waals surface area contributed by atoms with Gasteiger partial charge in [-0.2, -0.15) is 5.10 Å². The number of hydrogen-bond donors (Lipinski definition) is 2. The van der Waals surface area contributed by atoms with E-state index in [2.05, 4.69) is 20.4 Å². The fourth-order valence-electron chi connectivity index (χ4n) is 3.53. The largest absolute Gasteiger partial charge is 0.353 e. The van der Waals surface area contributed by atoms with Crippen LogP contribution >= 0.6 is 0 Å². The Kier molecular flexibility index (Phi) is 4.98. The molecule has 4 rings (SSSR count). The summed E-state index contributed by atoms with van der Waals surface area (Å²) < 4.78 is 13.2. The van der Waals surface area contributed by atoms with Gasteiger partial charge in [-0.15, -0.1) is 0 Å². The Morgan fingerprint density at radius 2 is 1.89 bits per heavy atom. The molecule has 27 heavy (non-hydrogen) atoms. The lowest BCUT2D eigenvalue weighted by Crippen LogP contribution is -2.55. The van der Waals surface area contributed by atoms with E-state index in [1.807, 2.05) is 30.3 Å². The fourth-order valence-corrected chi connectivity index (χ4v) is 3.53. The normalized spacial score (nSPS) is 17.7. The Morgan fingerprint density at radius 1 is 1.11 bits per heavy atom. The first-order valence-corrected chi connectivity index (χ1v) is 9.04. The van der Waals surface area contributed by atoms with Gasteiger partial charge in [0.05, 0.1) is 17.9 Å². The number of piperazine rings is 1. The molecule has 2 N–H and O–H groups in total. The zero-order valence-electron chi connectivity index (χ0n) is 14.9. The molecular weight excluding hydrogens is 343 g/mol. The zero-order valence-corrected chi connectivity index (χ0v) is 14.9. The van der Waals surface area contributed by atoms with Gasteiger partial charge in [0.1, 0.15) is 5.82 Å². The lowest BCUT2D eigenvalue weighted by Gasteiger charge is -2.35. The Bertz CT molecular complexity index is 907. The van der Waals surface area contributed by atoms with Gasteiger partial charge in [-0.3, -0.25) is 14.8 Å². The van der Waals surface area contributed by atoms with Crippen LogP contribution in [-0.2, 0) is 17.8 Å². The predicted octanol–water partition coefficient (Wildman–Crippen LogP) is 2.76. The third-order valence-electron chi connectivity index (χ3n) is 4.94. The van der Waals surface area contributed by atoms with Crippen molar-refractivity contribution in [3.05, 3.63) is 77.7 Å². The van der Waals surface area contributed by atoms with Gasteiger partial charge in [-0.25, -0.2) is 4.39 Å². The van der Waals surface area contributed by atoms with E-state index in [1.54, 1.807) is 18.3 Å². The first-order valence-electron chi connectivity index (χ1n) is 9.04. The second-order valence-corrected chi connectivity index (χ2v) is 6.74. The van der Waals surface area contributed by atoms with Crippen LogP contribution in [-0.4, -0.2) is 40.1 Å².